The summed E-state index contributed by atoms with van der Waals surface area (Å²) in [5.74, 6) is 0.981. The summed E-state index contributed by atoms with van der Waals surface area (Å²) < 4.78 is 6.41. The number of carbonyl (C=O) groups excluding carboxylic acids is 1. The SMILES string of the molecule is CC(=O)N[C@@H](CC(C)C)C(OCc1ccccc1)c1ccnc(N[C@H](CO)C(C)(C)C)c1. The van der Waals surface area contributed by atoms with E-state index in [1.165, 1.54) is 6.92 Å². The zero-order valence-corrected chi connectivity index (χ0v) is 20.3. The number of aliphatic hydroxyl groups excluding tert-OH is 1. The Labute approximate surface area is 192 Å². The van der Waals surface area contributed by atoms with Crippen molar-refractivity contribution in [3.8, 4) is 0 Å². The molecule has 0 aliphatic carbocycles. The van der Waals surface area contributed by atoms with Crippen molar-refractivity contribution in [2.24, 2.45) is 11.3 Å². The van der Waals surface area contributed by atoms with Gasteiger partial charge in [-0.2, -0.15) is 0 Å². The molecule has 3 atom stereocenters. The van der Waals surface area contributed by atoms with Crippen LogP contribution in [0, 0.1) is 11.3 Å². The van der Waals surface area contributed by atoms with Gasteiger partial charge in [-0.05, 0) is 41.0 Å². The van der Waals surface area contributed by atoms with Gasteiger partial charge in [0.25, 0.3) is 0 Å². The quantitative estimate of drug-likeness (QED) is 0.470. The summed E-state index contributed by atoms with van der Waals surface area (Å²) in [7, 11) is 0. The monoisotopic (exact) mass is 441 g/mol. The summed E-state index contributed by atoms with van der Waals surface area (Å²) in [6, 6.07) is 13.6. The average molecular weight is 442 g/mol. The van der Waals surface area contributed by atoms with Crippen molar-refractivity contribution in [2.75, 3.05) is 11.9 Å². The Hall–Kier alpha value is -2.44. The van der Waals surface area contributed by atoms with Gasteiger partial charge in [0.15, 0.2) is 0 Å². The van der Waals surface area contributed by atoms with Crippen molar-refractivity contribution in [1.29, 1.82) is 0 Å². The van der Waals surface area contributed by atoms with Gasteiger partial charge in [0, 0.05) is 13.1 Å². The fourth-order valence-corrected chi connectivity index (χ4v) is 3.65. The Balaban J connectivity index is 2.35. The van der Waals surface area contributed by atoms with Crippen molar-refractivity contribution in [3.63, 3.8) is 0 Å². The second-order valence-corrected chi connectivity index (χ2v) is 9.87. The van der Waals surface area contributed by atoms with Crippen LogP contribution in [0.4, 0.5) is 5.82 Å². The molecule has 0 aliphatic rings. The molecule has 0 aliphatic heterocycles. The van der Waals surface area contributed by atoms with E-state index >= 15 is 0 Å². The fourth-order valence-electron chi connectivity index (χ4n) is 3.65. The summed E-state index contributed by atoms with van der Waals surface area (Å²) in [5, 5.41) is 16.3. The molecule has 2 aromatic rings. The van der Waals surface area contributed by atoms with Gasteiger partial charge in [0.05, 0.1) is 25.3 Å². The largest absolute Gasteiger partial charge is 0.394 e. The molecule has 1 aromatic heterocycles. The highest BCUT2D eigenvalue weighted by Crippen LogP contribution is 2.29. The van der Waals surface area contributed by atoms with E-state index in [1.54, 1.807) is 6.20 Å². The van der Waals surface area contributed by atoms with E-state index in [1.807, 2.05) is 42.5 Å². The molecule has 0 spiro atoms. The van der Waals surface area contributed by atoms with E-state index in [4.69, 9.17) is 4.74 Å². The van der Waals surface area contributed by atoms with Crippen LogP contribution >= 0.6 is 0 Å². The van der Waals surface area contributed by atoms with Crippen molar-refractivity contribution >= 4 is 11.7 Å². The molecule has 0 bridgehead atoms. The first-order valence-corrected chi connectivity index (χ1v) is 11.4. The van der Waals surface area contributed by atoms with Gasteiger partial charge in [-0.15, -0.1) is 0 Å². The second-order valence-electron chi connectivity index (χ2n) is 9.87. The van der Waals surface area contributed by atoms with E-state index in [-0.39, 0.29) is 36.1 Å². The predicted octanol–water partition coefficient (Wildman–Crippen LogP) is 4.71. The Bertz CT molecular complexity index is 834. The van der Waals surface area contributed by atoms with Crippen molar-refractivity contribution in [1.82, 2.24) is 10.3 Å². The molecule has 0 radical (unpaired) electrons. The van der Waals surface area contributed by atoms with Gasteiger partial charge in [-0.25, -0.2) is 4.98 Å². The average Bonchev–Trinajstić information content (AvgIpc) is 2.71. The molecule has 1 amide bonds. The second kappa shape index (κ2) is 12.0. The van der Waals surface area contributed by atoms with Gasteiger partial charge in [0.1, 0.15) is 11.9 Å². The van der Waals surface area contributed by atoms with E-state index in [0.29, 0.717) is 18.3 Å². The molecular weight excluding hydrogens is 402 g/mol. The van der Waals surface area contributed by atoms with Crippen LogP contribution in [0.5, 0.6) is 0 Å². The third kappa shape index (κ3) is 8.24. The highest BCUT2D eigenvalue weighted by atomic mass is 16.5. The topological polar surface area (TPSA) is 83.5 Å². The number of amides is 1. The predicted molar refractivity (Wildman–Crippen MR) is 129 cm³/mol. The number of pyridine rings is 1. The van der Waals surface area contributed by atoms with Gasteiger partial charge in [-0.3, -0.25) is 4.79 Å². The number of nitrogens with one attached hydrogen (secondary N) is 2. The van der Waals surface area contributed by atoms with Crippen LogP contribution in [0.15, 0.2) is 48.7 Å². The van der Waals surface area contributed by atoms with Gasteiger partial charge in [-0.1, -0.05) is 65.0 Å². The first-order chi connectivity index (χ1) is 15.1. The first kappa shape index (κ1) is 25.8. The molecule has 1 aromatic carbocycles. The Morgan fingerprint density at radius 3 is 2.41 bits per heavy atom. The zero-order valence-electron chi connectivity index (χ0n) is 20.3. The maximum absolute atomic E-state index is 12.0. The summed E-state index contributed by atoms with van der Waals surface area (Å²) in [5.41, 5.74) is 1.87. The lowest BCUT2D eigenvalue weighted by Crippen LogP contribution is -2.40. The Morgan fingerprint density at radius 2 is 1.84 bits per heavy atom. The molecule has 1 unspecified atom stereocenters. The highest BCUT2D eigenvalue weighted by Gasteiger charge is 2.28. The van der Waals surface area contributed by atoms with Crippen LogP contribution in [0.3, 0.4) is 0 Å². The van der Waals surface area contributed by atoms with E-state index in [0.717, 1.165) is 17.5 Å². The number of aliphatic hydroxyl groups is 1. The minimum absolute atomic E-state index is 0.00517. The molecule has 6 heteroatoms. The van der Waals surface area contributed by atoms with Crippen LogP contribution in [-0.4, -0.2) is 34.7 Å². The Morgan fingerprint density at radius 1 is 1.16 bits per heavy atom. The van der Waals surface area contributed by atoms with Crippen LogP contribution in [-0.2, 0) is 16.1 Å². The minimum atomic E-state index is -0.340. The third-order valence-electron chi connectivity index (χ3n) is 5.41. The normalized spacial score (nSPS) is 14.6. The van der Waals surface area contributed by atoms with Crippen LogP contribution in [0.1, 0.15) is 65.2 Å². The molecular formula is C26H39N3O3. The lowest BCUT2D eigenvalue weighted by molar-refractivity contribution is -0.121. The maximum atomic E-state index is 12.0. The lowest BCUT2D eigenvalue weighted by Gasteiger charge is -2.32. The number of nitrogens with zero attached hydrogens (tertiary/aromatic N) is 1. The van der Waals surface area contributed by atoms with Crippen LogP contribution < -0.4 is 10.6 Å². The Kier molecular flexibility index (Phi) is 9.66. The summed E-state index contributed by atoms with van der Waals surface area (Å²) in [6.45, 7) is 12.5. The number of aromatic nitrogens is 1. The zero-order chi connectivity index (χ0) is 23.7. The standard InChI is InChI=1S/C26H39N3O3/c1-18(2)14-22(28-19(3)31)25(32-17-20-10-8-7-9-11-20)21-12-13-27-24(15-21)29-23(16-30)26(4,5)6/h7-13,15,18,22-23,25,30H,14,16-17H2,1-6H3,(H,27,29)(H,28,31)/t22-,23+,25?/m0/s1. The van der Waals surface area contributed by atoms with E-state index < -0.39 is 0 Å². The maximum Gasteiger partial charge on any atom is 0.217 e. The van der Waals surface area contributed by atoms with Crippen LogP contribution in [0.25, 0.3) is 0 Å². The van der Waals surface area contributed by atoms with Gasteiger partial charge >= 0.3 is 0 Å². The number of carbonyl (C=O) groups is 1. The molecule has 0 fully saturated rings. The fraction of sp³-hybridized carbons (Fsp3) is 0.538. The van der Waals surface area contributed by atoms with Gasteiger partial charge < -0.3 is 20.5 Å². The van der Waals surface area contributed by atoms with E-state index in [9.17, 15) is 9.90 Å². The minimum Gasteiger partial charge on any atom is -0.394 e. The van der Waals surface area contributed by atoms with Crippen molar-refractivity contribution in [3.05, 3.63) is 59.8 Å². The number of hydrogen-bond donors (Lipinski definition) is 3. The van der Waals surface area contributed by atoms with Crippen molar-refractivity contribution < 1.29 is 14.6 Å². The number of benzene rings is 1. The molecule has 0 saturated heterocycles. The van der Waals surface area contributed by atoms with E-state index in [2.05, 4.69) is 50.2 Å². The molecule has 6 nitrogen and oxygen atoms in total. The van der Waals surface area contributed by atoms with Crippen LogP contribution in [0.2, 0.25) is 0 Å². The number of ether oxygens (including phenoxy) is 1. The molecule has 0 saturated carbocycles. The summed E-state index contributed by atoms with van der Waals surface area (Å²) in [6.07, 6.45) is 2.19. The highest BCUT2D eigenvalue weighted by molar-refractivity contribution is 5.73. The molecule has 1 heterocycles. The lowest BCUT2D eigenvalue weighted by atomic mass is 9.87. The number of rotatable bonds is 11. The smallest absolute Gasteiger partial charge is 0.217 e. The number of anilines is 1. The number of hydrogen-bond acceptors (Lipinski definition) is 5. The third-order valence-corrected chi connectivity index (χ3v) is 5.41. The first-order valence-electron chi connectivity index (χ1n) is 11.4. The summed E-state index contributed by atoms with van der Waals surface area (Å²) >= 11 is 0. The molecule has 176 valence electrons. The molecule has 32 heavy (non-hydrogen) atoms. The van der Waals surface area contributed by atoms with Crippen molar-refractivity contribution in [2.45, 2.75) is 72.8 Å². The molecule has 3 N–H and O–H groups in total. The summed E-state index contributed by atoms with van der Waals surface area (Å²) in [4.78, 5) is 16.4. The molecule has 2 rings (SSSR count). The van der Waals surface area contributed by atoms with Gasteiger partial charge in [0.2, 0.25) is 5.91 Å².